The van der Waals surface area contributed by atoms with Crippen molar-refractivity contribution in [3.05, 3.63) is 35.9 Å². The van der Waals surface area contributed by atoms with Crippen molar-refractivity contribution >= 4 is 5.97 Å². The third-order valence-corrected chi connectivity index (χ3v) is 3.63. The lowest BCUT2D eigenvalue weighted by atomic mass is 9.89. The minimum atomic E-state index is -0.730. The molecule has 0 aromatic heterocycles. The minimum Gasteiger partial charge on any atom is -0.481 e. The summed E-state index contributed by atoms with van der Waals surface area (Å²) in [5.74, 6) is -0.201. The molecule has 0 spiro atoms. The van der Waals surface area contributed by atoms with Crippen LogP contribution >= 0.6 is 0 Å². The quantitative estimate of drug-likeness (QED) is 0.708. The molecule has 1 rings (SSSR count). The summed E-state index contributed by atoms with van der Waals surface area (Å²) in [5.41, 5.74) is 0.716. The van der Waals surface area contributed by atoms with E-state index in [1.54, 1.807) is 13.8 Å². The van der Waals surface area contributed by atoms with Gasteiger partial charge < -0.3 is 10.4 Å². The van der Waals surface area contributed by atoms with E-state index in [4.69, 9.17) is 5.11 Å². The highest BCUT2D eigenvalue weighted by Crippen LogP contribution is 2.20. The second kappa shape index (κ2) is 7.29. The summed E-state index contributed by atoms with van der Waals surface area (Å²) >= 11 is 0. The molecule has 0 saturated heterocycles. The Balaban J connectivity index is 2.20. The van der Waals surface area contributed by atoms with Crippen molar-refractivity contribution in [2.75, 3.05) is 13.1 Å². The van der Waals surface area contributed by atoms with E-state index in [0.29, 0.717) is 12.3 Å². The Kier molecular flexibility index (Phi) is 6.03. The fraction of sp³-hybridized carbons (Fsp3) is 0.562. The number of carbonyl (C=O) groups is 1. The van der Waals surface area contributed by atoms with Crippen LogP contribution in [0.3, 0.4) is 0 Å². The number of nitrogens with one attached hydrogen (secondary N) is 1. The Hall–Kier alpha value is -1.35. The topological polar surface area (TPSA) is 49.3 Å². The van der Waals surface area contributed by atoms with E-state index in [2.05, 4.69) is 36.5 Å². The number of rotatable bonds is 8. The van der Waals surface area contributed by atoms with Crippen molar-refractivity contribution in [1.29, 1.82) is 0 Å². The molecule has 1 aromatic rings. The molecule has 0 saturated carbocycles. The Morgan fingerprint density at radius 1 is 1.26 bits per heavy atom. The Morgan fingerprint density at radius 2 is 1.89 bits per heavy atom. The van der Waals surface area contributed by atoms with Gasteiger partial charge in [-0.25, -0.2) is 0 Å². The van der Waals surface area contributed by atoms with Crippen molar-refractivity contribution < 1.29 is 9.90 Å². The van der Waals surface area contributed by atoms with Gasteiger partial charge in [-0.2, -0.15) is 0 Å². The fourth-order valence-electron chi connectivity index (χ4n) is 1.90. The van der Waals surface area contributed by atoms with E-state index >= 15 is 0 Å². The first-order valence-electron chi connectivity index (χ1n) is 6.92. The van der Waals surface area contributed by atoms with Gasteiger partial charge in [0.2, 0.25) is 0 Å². The molecule has 0 bridgehead atoms. The van der Waals surface area contributed by atoms with Gasteiger partial charge in [0.05, 0.1) is 5.41 Å². The molecule has 0 aliphatic heterocycles. The average Bonchev–Trinajstić information content (AvgIpc) is 2.38. The Morgan fingerprint density at radius 3 is 2.47 bits per heavy atom. The predicted molar refractivity (Wildman–Crippen MR) is 78.4 cm³/mol. The lowest BCUT2D eigenvalue weighted by Crippen LogP contribution is -2.29. The molecular formula is C16H25NO2. The maximum absolute atomic E-state index is 11.0. The molecule has 0 heterocycles. The highest BCUT2D eigenvalue weighted by molar-refractivity contribution is 5.73. The highest BCUT2D eigenvalue weighted by atomic mass is 16.4. The summed E-state index contributed by atoms with van der Waals surface area (Å²) in [6.45, 7) is 7.43. The van der Waals surface area contributed by atoms with Gasteiger partial charge in [-0.05, 0) is 51.3 Å². The zero-order chi connectivity index (χ0) is 14.3. The fourth-order valence-corrected chi connectivity index (χ4v) is 1.90. The van der Waals surface area contributed by atoms with Crippen LogP contribution in [0.5, 0.6) is 0 Å². The largest absolute Gasteiger partial charge is 0.481 e. The number of hydrogen-bond acceptors (Lipinski definition) is 2. The number of hydrogen-bond donors (Lipinski definition) is 2. The first kappa shape index (κ1) is 15.7. The second-order valence-corrected chi connectivity index (χ2v) is 5.79. The summed E-state index contributed by atoms with van der Waals surface area (Å²) in [5, 5.41) is 12.3. The van der Waals surface area contributed by atoms with Crippen LogP contribution in [0.15, 0.2) is 30.3 Å². The normalized spacial score (nSPS) is 13.2. The monoisotopic (exact) mass is 263 g/mol. The molecule has 19 heavy (non-hydrogen) atoms. The summed E-state index contributed by atoms with van der Waals surface area (Å²) in [6, 6.07) is 10.5. The smallest absolute Gasteiger partial charge is 0.309 e. The molecule has 0 aliphatic rings. The standard InChI is InChI=1S/C16H25NO2/c1-13(14-7-5-4-6-8-14)9-11-17-12-10-16(2,3)15(18)19/h4-8,13,17H,9-12H2,1-3H3,(H,18,19). The van der Waals surface area contributed by atoms with Gasteiger partial charge in [0.1, 0.15) is 0 Å². The van der Waals surface area contributed by atoms with Crippen LogP contribution in [0, 0.1) is 5.41 Å². The van der Waals surface area contributed by atoms with E-state index < -0.39 is 11.4 Å². The van der Waals surface area contributed by atoms with Crippen LogP contribution < -0.4 is 5.32 Å². The Labute approximate surface area is 116 Å². The number of carboxylic acid groups (broad SMARTS) is 1. The summed E-state index contributed by atoms with van der Waals surface area (Å²) in [4.78, 5) is 11.0. The van der Waals surface area contributed by atoms with Gasteiger partial charge in [0.15, 0.2) is 0 Å². The molecule has 1 aromatic carbocycles. The second-order valence-electron chi connectivity index (χ2n) is 5.79. The minimum absolute atomic E-state index is 0.529. The van der Waals surface area contributed by atoms with Gasteiger partial charge in [-0.1, -0.05) is 37.3 Å². The van der Waals surface area contributed by atoms with Crippen LogP contribution in [-0.4, -0.2) is 24.2 Å². The molecule has 1 unspecified atom stereocenters. The highest BCUT2D eigenvalue weighted by Gasteiger charge is 2.25. The first-order valence-corrected chi connectivity index (χ1v) is 6.92. The number of aliphatic carboxylic acids is 1. The lowest BCUT2D eigenvalue weighted by molar-refractivity contribution is -0.147. The van der Waals surface area contributed by atoms with Crippen molar-refractivity contribution in [1.82, 2.24) is 5.32 Å². The van der Waals surface area contributed by atoms with Gasteiger partial charge in [0.25, 0.3) is 0 Å². The van der Waals surface area contributed by atoms with Crippen molar-refractivity contribution in [2.24, 2.45) is 5.41 Å². The first-order chi connectivity index (χ1) is 8.93. The van der Waals surface area contributed by atoms with E-state index in [1.807, 2.05) is 6.07 Å². The molecule has 0 fully saturated rings. The third-order valence-electron chi connectivity index (χ3n) is 3.63. The van der Waals surface area contributed by atoms with Crippen LogP contribution in [0.4, 0.5) is 0 Å². The SMILES string of the molecule is CC(CCNCCC(C)(C)C(=O)O)c1ccccc1. The molecule has 3 heteroatoms. The zero-order valence-corrected chi connectivity index (χ0v) is 12.1. The van der Waals surface area contributed by atoms with Crippen molar-refractivity contribution in [3.8, 4) is 0 Å². The van der Waals surface area contributed by atoms with Crippen LogP contribution in [0.25, 0.3) is 0 Å². The van der Waals surface area contributed by atoms with Gasteiger partial charge in [0, 0.05) is 0 Å². The van der Waals surface area contributed by atoms with E-state index in [9.17, 15) is 4.79 Å². The molecule has 0 aliphatic carbocycles. The molecule has 1 atom stereocenters. The average molecular weight is 263 g/mol. The van der Waals surface area contributed by atoms with Crippen LogP contribution in [-0.2, 0) is 4.79 Å². The summed E-state index contributed by atoms with van der Waals surface area (Å²) in [7, 11) is 0. The van der Waals surface area contributed by atoms with Crippen LogP contribution in [0.1, 0.15) is 45.1 Å². The predicted octanol–water partition coefficient (Wildman–Crippen LogP) is 3.27. The molecular weight excluding hydrogens is 238 g/mol. The lowest BCUT2D eigenvalue weighted by Gasteiger charge is -2.19. The maximum atomic E-state index is 11.0. The molecule has 3 nitrogen and oxygen atoms in total. The van der Waals surface area contributed by atoms with Gasteiger partial charge >= 0.3 is 5.97 Å². The van der Waals surface area contributed by atoms with E-state index in [1.165, 1.54) is 5.56 Å². The molecule has 0 radical (unpaired) electrons. The van der Waals surface area contributed by atoms with Crippen LogP contribution in [0.2, 0.25) is 0 Å². The van der Waals surface area contributed by atoms with Gasteiger partial charge in [-0.15, -0.1) is 0 Å². The third kappa shape index (κ3) is 5.43. The van der Waals surface area contributed by atoms with Crippen molar-refractivity contribution in [2.45, 2.75) is 39.5 Å². The maximum Gasteiger partial charge on any atom is 0.309 e. The van der Waals surface area contributed by atoms with Gasteiger partial charge in [-0.3, -0.25) is 4.79 Å². The number of benzene rings is 1. The van der Waals surface area contributed by atoms with E-state index in [-0.39, 0.29) is 0 Å². The summed E-state index contributed by atoms with van der Waals surface area (Å²) < 4.78 is 0. The van der Waals surface area contributed by atoms with E-state index in [0.717, 1.165) is 19.5 Å². The zero-order valence-electron chi connectivity index (χ0n) is 12.1. The molecule has 106 valence electrons. The Bertz CT molecular complexity index is 387. The molecule has 2 N–H and O–H groups in total. The van der Waals surface area contributed by atoms with Crippen molar-refractivity contribution in [3.63, 3.8) is 0 Å². The number of carboxylic acids is 1. The molecule has 0 amide bonds. The summed E-state index contributed by atoms with van der Waals surface area (Å²) in [6.07, 6.45) is 1.72.